The normalized spacial score (nSPS) is 12.4. The fourth-order valence-corrected chi connectivity index (χ4v) is 7.17. The van der Waals surface area contributed by atoms with Crippen molar-refractivity contribution in [3.05, 3.63) is 65.7 Å². The van der Waals surface area contributed by atoms with Crippen LogP contribution >= 0.6 is 7.67 Å². The van der Waals surface area contributed by atoms with Gasteiger partial charge in [-0.1, -0.05) is 116 Å². The predicted molar refractivity (Wildman–Crippen MR) is 156 cm³/mol. The number of hydrogen-bond donors (Lipinski definition) is 0. The van der Waals surface area contributed by atoms with Crippen molar-refractivity contribution < 1.29 is 9.09 Å². The van der Waals surface area contributed by atoms with Crippen LogP contribution in [0.15, 0.2) is 54.6 Å². The molecule has 0 unspecified atom stereocenters. The third-order valence-corrected chi connectivity index (χ3v) is 9.73. The molecule has 2 aromatic carbocycles. The van der Waals surface area contributed by atoms with E-state index in [1.165, 1.54) is 5.56 Å². The van der Waals surface area contributed by atoms with E-state index in [2.05, 4.69) is 93.3 Å². The van der Waals surface area contributed by atoms with E-state index >= 15 is 4.57 Å². The highest BCUT2D eigenvalue weighted by Crippen LogP contribution is 2.56. The fraction of sp³-hybridized carbons (Fsp3) is 0.613. The molecular weight excluding hydrogens is 463 g/mol. The molecule has 0 N–H and O–H groups in total. The Balaban J connectivity index is 2.59. The van der Waals surface area contributed by atoms with Gasteiger partial charge in [0, 0.05) is 37.2 Å². The van der Waals surface area contributed by atoms with Gasteiger partial charge in [0.2, 0.25) is 0 Å². The zero-order valence-corrected chi connectivity index (χ0v) is 24.7. The van der Waals surface area contributed by atoms with Gasteiger partial charge in [0.05, 0.1) is 0 Å². The highest BCUT2D eigenvalue weighted by molar-refractivity contribution is 7.54. The summed E-state index contributed by atoms with van der Waals surface area (Å²) in [5.74, 6) is 0.741. The molecule has 0 fully saturated rings. The smallest absolute Gasteiger partial charge is 0.395 e. The van der Waals surface area contributed by atoms with E-state index in [0.717, 1.165) is 88.9 Å². The van der Waals surface area contributed by atoms with Crippen LogP contribution in [0.2, 0.25) is 0 Å². The van der Waals surface area contributed by atoms with E-state index in [9.17, 15) is 0 Å². The molecule has 0 bridgehead atoms. The highest BCUT2D eigenvalue weighted by Gasteiger charge is 2.40. The molecule has 0 aliphatic heterocycles. The Morgan fingerprint density at radius 2 is 1.08 bits per heavy atom. The quantitative estimate of drug-likeness (QED) is 0.186. The monoisotopic (exact) mass is 514 g/mol. The number of hydrogen-bond acceptors (Lipinski definition) is 2. The standard InChI is InChI=1S/C31H51N2O2P/c1-7-11-24-32(25-12-8-2)36(34,33(26-13-9-3)27-14-10-4)35-30-23-19-18-22-29(30)31(5,6)28-20-16-15-17-21-28/h15-23H,7-14,24-27H2,1-6H3. The molecule has 0 amide bonds. The Morgan fingerprint density at radius 3 is 1.53 bits per heavy atom. The summed E-state index contributed by atoms with van der Waals surface area (Å²) in [5, 5.41) is 0. The minimum atomic E-state index is -3.30. The lowest BCUT2D eigenvalue weighted by Crippen LogP contribution is -2.37. The van der Waals surface area contributed by atoms with Gasteiger partial charge in [0.1, 0.15) is 5.75 Å². The molecule has 2 rings (SSSR count). The van der Waals surface area contributed by atoms with Gasteiger partial charge in [0.25, 0.3) is 0 Å². The van der Waals surface area contributed by atoms with E-state index in [0.29, 0.717) is 0 Å². The first kappa shape index (κ1) is 30.6. The number of benzene rings is 2. The van der Waals surface area contributed by atoms with Gasteiger partial charge in [-0.25, -0.2) is 13.9 Å². The van der Waals surface area contributed by atoms with Crippen LogP contribution in [-0.2, 0) is 9.98 Å². The first-order chi connectivity index (χ1) is 17.3. The SMILES string of the molecule is CCCCN(CCCC)P(=O)(Oc1ccccc1C(C)(C)c1ccccc1)N(CCCC)CCCC. The van der Waals surface area contributed by atoms with E-state index in [-0.39, 0.29) is 5.41 Å². The van der Waals surface area contributed by atoms with Crippen LogP contribution in [0.3, 0.4) is 0 Å². The van der Waals surface area contributed by atoms with Crippen LogP contribution in [0.1, 0.15) is 104 Å². The summed E-state index contributed by atoms with van der Waals surface area (Å²) in [5.41, 5.74) is 2.02. The molecular formula is C31H51N2O2P. The van der Waals surface area contributed by atoms with Crippen LogP contribution in [0.25, 0.3) is 0 Å². The number of unbranched alkanes of at least 4 members (excludes halogenated alkanes) is 4. The minimum absolute atomic E-state index is 0.280. The first-order valence-electron chi connectivity index (χ1n) is 14.3. The van der Waals surface area contributed by atoms with Gasteiger partial charge in [0.15, 0.2) is 0 Å². The number of nitrogens with zero attached hydrogens (tertiary/aromatic N) is 2. The molecule has 2 aromatic rings. The lowest BCUT2D eigenvalue weighted by molar-refractivity contribution is 0.262. The summed E-state index contributed by atoms with van der Waals surface area (Å²) in [4.78, 5) is 0. The molecule has 0 heterocycles. The molecule has 202 valence electrons. The van der Waals surface area contributed by atoms with Crippen molar-refractivity contribution >= 4 is 7.67 Å². The Kier molecular flexibility index (Phi) is 13.3. The van der Waals surface area contributed by atoms with Crippen molar-refractivity contribution in [1.82, 2.24) is 9.34 Å². The van der Waals surface area contributed by atoms with Crippen molar-refractivity contribution in [2.45, 2.75) is 98.3 Å². The summed E-state index contributed by atoms with van der Waals surface area (Å²) in [6.45, 7) is 16.5. The molecule has 0 saturated carbocycles. The predicted octanol–water partition coefficient (Wildman–Crippen LogP) is 9.30. The van der Waals surface area contributed by atoms with Crippen LogP contribution in [-0.4, -0.2) is 35.5 Å². The summed E-state index contributed by atoms with van der Waals surface area (Å²) in [7, 11) is -3.30. The van der Waals surface area contributed by atoms with Crippen LogP contribution < -0.4 is 4.52 Å². The number of rotatable bonds is 18. The second kappa shape index (κ2) is 15.6. The van der Waals surface area contributed by atoms with Gasteiger partial charge in [-0.15, -0.1) is 0 Å². The first-order valence-corrected chi connectivity index (χ1v) is 15.8. The number of para-hydroxylation sites is 1. The Hall–Kier alpha value is -1.61. The zero-order valence-electron chi connectivity index (χ0n) is 23.8. The highest BCUT2D eigenvalue weighted by atomic mass is 31.2. The van der Waals surface area contributed by atoms with Crippen molar-refractivity contribution in [2.75, 3.05) is 26.2 Å². The molecule has 0 aliphatic rings. The summed E-state index contributed by atoms with van der Waals surface area (Å²) in [6.07, 6.45) is 8.36. The van der Waals surface area contributed by atoms with Crippen molar-refractivity contribution in [1.29, 1.82) is 0 Å². The Labute approximate surface area is 222 Å². The summed E-state index contributed by atoms with van der Waals surface area (Å²) in [6, 6.07) is 18.8. The van der Waals surface area contributed by atoms with E-state index in [1.54, 1.807) is 0 Å². The van der Waals surface area contributed by atoms with E-state index in [1.807, 2.05) is 12.1 Å². The molecule has 0 radical (unpaired) electrons. The average Bonchev–Trinajstić information content (AvgIpc) is 2.89. The van der Waals surface area contributed by atoms with Crippen LogP contribution in [0.4, 0.5) is 0 Å². The molecule has 36 heavy (non-hydrogen) atoms. The molecule has 4 nitrogen and oxygen atoms in total. The largest absolute Gasteiger partial charge is 0.421 e. The average molecular weight is 515 g/mol. The third kappa shape index (κ3) is 8.20. The topological polar surface area (TPSA) is 32.8 Å². The van der Waals surface area contributed by atoms with Gasteiger partial charge in [-0.3, -0.25) is 0 Å². The maximum Gasteiger partial charge on any atom is 0.395 e. The lowest BCUT2D eigenvalue weighted by atomic mass is 9.78. The molecule has 0 aromatic heterocycles. The van der Waals surface area contributed by atoms with Gasteiger partial charge in [-0.05, 0) is 37.3 Å². The fourth-order valence-electron chi connectivity index (χ4n) is 4.59. The molecule has 0 atom stereocenters. The van der Waals surface area contributed by atoms with Crippen LogP contribution in [0, 0.1) is 0 Å². The maximum atomic E-state index is 15.3. The summed E-state index contributed by atoms with van der Waals surface area (Å²) < 4.78 is 26.5. The maximum absolute atomic E-state index is 15.3. The molecule has 0 spiro atoms. The van der Waals surface area contributed by atoms with Crippen molar-refractivity contribution in [3.8, 4) is 5.75 Å². The molecule has 0 aliphatic carbocycles. The molecule has 5 heteroatoms. The second-order valence-corrected chi connectivity index (χ2v) is 12.7. The summed E-state index contributed by atoms with van der Waals surface area (Å²) >= 11 is 0. The lowest BCUT2D eigenvalue weighted by Gasteiger charge is -2.39. The minimum Gasteiger partial charge on any atom is -0.421 e. The van der Waals surface area contributed by atoms with Gasteiger partial charge < -0.3 is 4.52 Å². The van der Waals surface area contributed by atoms with E-state index < -0.39 is 7.67 Å². The van der Waals surface area contributed by atoms with E-state index in [4.69, 9.17) is 4.52 Å². The Morgan fingerprint density at radius 1 is 0.667 bits per heavy atom. The van der Waals surface area contributed by atoms with Crippen LogP contribution in [0.5, 0.6) is 5.75 Å². The van der Waals surface area contributed by atoms with Gasteiger partial charge in [-0.2, -0.15) is 0 Å². The van der Waals surface area contributed by atoms with Crippen molar-refractivity contribution in [3.63, 3.8) is 0 Å². The second-order valence-electron chi connectivity index (χ2n) is 10.4. The Bertz CT molecular complexity index is 876. The van der Waals surface area contributed by atoms with Crippen molar-refractivity contribution in [2.24, 2.45) is 0 Å². The molecule has 0 saturated heterocycles. The van der Waals surface area contributed by atoms with Gasteiger partial charge >= 0.3 is 7.67 Å². The third-order valence-electron chi connectivity index (χ3n) is 7.07. The zero-order chi connectivity index (χ0) is 26.4.